The van der Waals surface area contributed by atoms with Crippen molar-refractivity contribution in [3.05, 3.63) is 0 Å². The van der Waals surface area contributed by atoms with Crippen LogP contribution in [0.4, 0.5) is 0 Å². The first kappa shape index (κ1) is 55.5. The van der Waals surface area contributed by atoms with Crippen LogP contribution in [0.1, 0.15) is 130 Å². The van der Waals surface area contributed by atoms with E-state index >= 15 is 0 Å². The third kappa shape index (κ3) is 17.3. The van der Waals surface area contributed by atoms with Crippen LogP contribution in [-0.2, 0) is 23.7 Å². The minimum Gasteiger partial charge on any atom is -0.394 e. The van der Waals surface area contributed by atoms with Crippen molar-refractivity contribution >= 4 is 0 Å². The average Bonchev–Trinajstić information content (AvgIpc) is 3.89. The van der Waals surface area contributed by atoms with E-state index in [1.54, 1.807) is 6.92 Å². The lowest BCUT2D eigenvalue weighted by atomic mass is 9.86. The van der Waals surface area contributed by atoms with Gasteiger partial charge in [-0.3, -0.25) is 0 Å². The monoisotopic (exact) mass is 839 g/mol. The predicted octanol–water partition coefficient (Wildman–Crippen LogP) is 4.34. The van der Waals surface area contributed by atoms with Crippen LogP contribution < -0.4 is 0 Å². The summed E-state index contributed by atoms with van der Waals surface area (Å²) in [6.07, 6.45) is 0.779. The Morgan fingerprint density at radius 2 is 0.845 bits per heavy atom. The normalized spacial score (nSPS) is 41.0. The van der Waals surface area contributed by atoms with Gasteiger partial charge in [-0.25, -0.2) is 0 Å². The zero-order valence-corrected chi connectivity index (χ0v) is 38.8. The molecule has 5 aliphatic heterocycles. The van der Waals surface area contributed by atoms with E-state index in [9.17, 15) is 25.5 Å². The Hall–Kier alpha value is -0.520. The highest BCUT2D eigenvalue weighted by atomic mass is 16.5. The molecule has 0 spiro atoms. The second-order valence-electron chi connectivity index (χ2n) is 19.5. The van der Waals surface area contributed by atoms with Gasteiger partial charge in [-0.05, 0) is 89.4 Å². The maximum Gasteiger partial charge on any atom is 0.109 e. The van der Waals surface area contributed by atoms with Crippen LogP contribution >= 0.6 is 0 Å². The number of hydrogen-bond donors (Lipinski definition) is 8. The lowest BCUT2D eigenvalue weighted by molar-refractivity contribution is -0.0171. The predicted molar refractivity (Wildman–Crippen MR) is 226 cm³/mol. The highest BCUT2D eigenvalue weighted by Gasteiger charge is 2.43. The van der Waals surface area contributed by atoms with E-state index in [1.807, 2.05) is 34.6 Å². The summed E-state index contributed by atoms with van der Waals surface area (Å²) in [5.41, 5.74) is 0. The summed E-state index contributed by atoms with van der Waals surface area (Å²) in [4.78, 5) is 0. The van der Waals surface area contributed by atoms with Crippen molar-refractivity contribution in [1.82, 2.24) is 0 Å². The molecular formula is C45H90O13. The Morgan fingerprint density at radius 3 is 1.17 bits per heavy atom. The molecule has 0 amide bonds. The van der Waals surface area contributed by atoms with E-state index in [1.165, 1.54) is 0 Å². The van der Waals surface area contributed by atoms with Crippen molar-refractivity contribution in [1.29, 1.82) is 0 Å². The summed E-state index contributed by atoms with van der Waals surface area (Å²) in [7, 11) is 0. The molecule has 5 rings (SSSR count). The third-order valence-corrected chi connectivity index (χ3v) is 12.2. The number of ether oxygens (including phenoxy) is 5. The van der Waals surface area contributed by atoms with E-state index in [-0.39, 0.29) is 92.7 Å². The van der Waals surface area contributed by atoms with E-state index in [0.29, 0.717) is 41.6 Å². The summed E-state index contributed by atoms with van der Waals surface area (Å²) < 4.78 is 27.3. The average molecular weight is 839 g/mol. The first-order valence-electron chi connectivity index (χ1n) is 22.4. The van der Waals surface area contributed by atoms with Crippen LogP contribution in [0.25, 0.3) is 0 Å². The number of rotatable bonds is 10. The zero-order valence-electron chi connectivity index (χ0n) is 38.8. The molecule has 0 radical (unpaired) electrons. The van der Waals surface area contributed by atoms with Gasteiger partial charge >= 0.3 is 0 Å². The second kappa shape index (κ2) is 26.8. The van der Waals surface area contributed by atoms with Gasteiger partial charge in [-0.15, -0.1) is 0 Å². The van der Waals surface area contributed by atoms with Gasteiger partial charge in [0.2, 0.25) is 0 Å². The summed E-state index contributed by atoms with van der Waals surface area (Å²) in [6.45, 7) is 30.8. The van der Waals surface area contributed by atoms with Crippen molar-refractivity contribution in [3.8, 4) is 0 Å². The Bertz CT molecular complexity index is 1060. The van der Waals surface area contributed by atoms with Gasteiger partial charge in [0.25, 0.3) is 0 Å². The largest absolute Gasteiger partial charge is 0.394 e. The molecule has 5 heterocycles. The number of aliphatic hydroxyl groups is 8. The summed E-state index contributed by atoms with van der Waals surface area (Å²) in [5.74, 6) is 3.25. The lowest BCUT2D eigenvalue weighted by Gasteiger charge is -2.22. The van der Waals surface area contributed by atoms with E-state index < -0.39 is 24.4 Å². The van der Waals surface area contributed by atoms with E-state index in [0.717, 1.165) is 25.7 Å². The quantitative estimate of drug-likeness (QED) is 0.154. The summed E-state index contributed by atoms with van der Waals surface area (Å²) in [6, 6.07) is 0. The van der Waals surface area contributed by atoms with Crippen LogP contribution in [0.15, 0.2) is 0 Å². The van der Waals surface area contributed by atoms with Gasteiger partial charge in [0, 0.05) is 18.3 Å². The minimum atomic E-state index is -0.714. The molecule has 0 aromatic carbocycles. The number of aliphatic hydroxyl groups excluding tert-OH is 8. The smallest absolute Gasteiger partial charge is 0.109 e. The van der Waals surface area contributed by atoms with Gasteiger partial charge in [0.15, 0.2) is 0 Å². The highest BCUT2D eigenvalue weighted by molar-refractivity contribution is 4.91. The van der Waals surface area contributed by atoms with Gasteiger partial charge in [0.05, 0.1) is 93.1 Å². The Balaban J connectivity index is 0.000000363. The van der Waals surface area contributed by atoms with Crippen LogP contribution in [0, 0.1) is 47.3 Å². The molecule has 0 aromatic heterocycles. The molecule has 5 saturated heterocycles. The van der Waals surface area contributed by atoms with Crippen LogP contribution in [0.2, 0.25) is 0 Å². The molecule has 0 bridgehead atoms. The van der Waals surface area contributed by atoms with Crippen molar-refractivity contribution in [2.75, 3.05) is 19.8 Å². The molecule has 0 aliphatic carbocycles. The molecule has 8 N–H and O–H groups in total. The maximum absolute atomic E-state index is 9.70. The standard InChI is InChI=1S/3C9H18O3.2C9H18O2/c1-5(2)8-7(4-10)12-6(3)9(8)11;1-5(2)8-6(3)12-7(4-10)9(8)11;1-5(2)4-7-9(11)8(10)6(3)12-7;1-6(2)8-4-7(3)11-9(8)5-10;1-6(2)4-9-8(10)5-7(3)11-9/h3*5-11H,4H2,1-3H3;2*6-10H,4-5H2,1-3H3/t6-,7+,8?,9+;2*6-,7+,8+,9?;2*7-,8?,9+/m00000/s1. The van der Waals surface area contributed by atoms with Crippen LogP contribution in [0.5, 0.6) is 0 Å². The van der Waals surface area contributed by atoms with Crippen LogP contribution in [-0.4, -0.2) is 152 Å². The first-order valence-corrected chi connectivity index (χ1v) is 22.4. The van der Waals surface area contributed by atoms with Crippen LogP contribution in [0.3, 0.4) is 0 Å². The van der Waals surface area contributed by atoms with Gasteiger partial charge in [0.1, 0.15) is 18.3 Å². The molecule has 5 aliphatic rings. The SMILES string of the molecule is CC(C)C1C[C@H](C)O[C@@H]1CO.CC(C)C1[C@@H](CO)O[C@@H](C)[C@H]1O.CC(C)C[C@H]1O[C@@H](C)CC1O.CC(C)C[C@H]1O[C@@H](C)[C@@H](O)C1O.CC(C)[C@H]1C(O)[C@@H](CO)O[C@H]1C. The maximum atomic E-state index is 9.70. The van der Waals surface area contributed by atoms with E-state index in [4.69, 9.17) is 39.0 Å². The molecule has 18 atom stereocenters. The first-order chi connectivity index (χ1) is 26.9. The molecule has 13 heteroatoms. The molecule has 5 fully saturated rings. The van der Waals surface area contributed by atoms with Crippen molar-refractivity contribution in [2.24, 2.45) is 47.3 Å². The Morgan fingerprint density at radius 1 is 0.414 bits per heavy atom. The fourth-order valence-corrected chi connectivity index (χ4v) is 9.11. The van der Waals surface area contributed by atoms with Gasteiger partial charge < -0.3 is 64.5 Å². The molecule has 13 nitrogen and oxygen atoms in total. The zero-order chi connectivity index (χ0) is 44.8. The Kier molecular flexibility index (Phi) is 25.7. The summed E-state index contributed by atoms with van der Waals surface area (Å²) >= 11 is 0. The van der Waals surface area contributed by atoms with Gasteiger partial charge in [-0.1, -0.05) is 69.2 Å². The summed E-state index contributed by atoms with van der Waals surface area (Å²) in [5, 5.41) is 74.6. The third-order valence-electron chi connectivity index (χ3n) is 12.2. The minimum absolute atomic E-state index is 0.00421. The fourth-order valence-electron chi connectivity index (χ4n) is 9.11. The number of hydrogen-bond acceptors (Lipinski definition) is 13. The van der Waals surface area contributed by atoms with E-state index in [2.05, 4.69) is 62.3 Å². The lowest BCUT2D eigenvalue weighted by Crippen LogP contribution is -2.32. The van der Waals surface area contributed by atoms with Crippen molar-refractivity contribution in [3.63, 3.8) is 0 Å². The molecule has 0 aromatic rings. The molecule has 58 heavy (non-hydrogen) atoms. The Labute approximate surface area is 352 Å². The van der Waals surface area contributed by atoms with Crippen molar-refractivity contribution in [2.45, 2.75) is 221 Å². The highest BCUT2D eigenvalue weighted by Crippen LogP contribution is 2.34. The van der Waals surface area contributed by atoms with Crippen molar-refractivity contribution < 1.29 is 64.5 Å². The molecule has 0 saturated carbocycles. The molecule has 5 unspecified atom stereocenters. The molecule has 348 valence electrons. The second-order valence-corrected chi connectivity index (χ2v) is 19.5. The molecular weight excluding hydrogens is 748 g/mol. The topological polar surface area (TPSA) is 208 Å². The fraction of sp³-hybridized carbons (Fsp3) is 1.00. The van der Waals surface area contributed by atoms with Gasteiger partial charge in [-0.2, -0.15) is 0 Å².